The zero-order chi connectivity index (χ0) is 17.5. The van der Waals surface area contributed by atoms with E-state index in [4.69, 9.17) is 4.74 Å². The standard InChI is InChI=1S/C18H20N2O4/c1-4-19-20(2)15(12-17(21)23-3)18(22)24-16-11-7-9-13-8-5-6-10-14(13)16/h4-11,15H,12H2,1-3H3/b19-4+. The maximum Gasteiger partial charge on any atom is 0.336 e. The molecule has 1 unspecified atom stereocenters. The minimum atomic E-state index is -0.868. The van der Waals surface area contributed by atoms with Crippen LogP contribution in [0.4, 0.5) is 0 Å². The Hall–Kier alpha value is -2.89. The first-order valence-corrected chi connectivity index (χ1v) is 7.54. The molecule has 0 saturated carbocycles. The molecule has 0 fully saturated rings. The molecule has 2 aromatic rings. The van der Waals surface area contributed by atoms with Crippen molar-refractivity contribution in [3.05, 3.63) is 42.5 Å². The van der Waals surface area contributed by atoms with Crippen LogP contribution in [-0.2, 0) is 14.3 Å². The zero-order valence-corrected chi connectivity index (χ0v) is 13.9. The van der Waals surface area contributed by atoms with Gasteiger partial charge in [-0.25, -0.2) is 4.79 Å². The van der Waals surface area contributed by atoms with Gasteiger partial charge >= 0.3 is 11.9 Å². The normalized spacial score (nSPS) is 12.1. The summed E-state index contributed by atoms with van der Waals surface area (Å²) in [7, 11) is 2.89. The summed E-state index contributed by atoms with van der Waals surface area (Å²) in [6, 6.07) is 12.2. The summed E-state index contributed by atoms with van der Waals surface area (Å²) < 4.78 is 10.2. The molecular formula is C18H20N2O4. The van der Waals surface area contributed by atoms with E-state index in [1.54, 1.807) is 20.0 Å². The highest BCUT2D eigenvalue weighted by Gasteiger charge is 2.28. The lowest BCUT2D eigenvalue weighted by molar-refractivity contribution is -0.149. The Balaban J connectivity index is 2.27. The quantitative estimate of drug-likeness (QED) is 0.353. The molecule has 6 heteroatoms. The van der Waals surface area contributed by atoms with Gasteiger partial charge in [-0.3, -0.25) is 9.80 Å². The SMILES string of the molecule is C/C=N/N(C)C(CC(=O)OC)C(=O)Oc1cccc2ccccc12. The number of carbonyl (C=O) groups is 2. The summed E-state index contributed by atoms with van der Waals surface area (Å²) in [5.74, 6) is -0.625. The Labute approximate surface area is 140 Å². The van der Waals surface area contributed by atoms with Gasteiger partial charge in [0, 0.05) is 18.6 Å². The lowest BCUT2D eigenvalue weighted by atomic mass is 10.1. The van der Waals surface area contributed by atoms with Crippen molar-refractivity contribution in [3.8, 4) is 5.75 Å². The van der Waals surface area contributed by atoms with Crippen LogP contribution in [0, 0.1) is 0 Å². The van der Waals surface area contributed by atoms with Crippen LogP contribution in [-0.4, -0.2) is 43.4 Å². The van der Waals surface area contributed by atoms with Crippen LogP contribution in [0.25, 0.3) is 10.8 Å². The van der Waals surface area contributed by atoms with Crippen molar-refractivity contribution in [1.82, 2.24) is 5.01 Å². The molecule has 0 spiro atoms. The molecule has 24 heavy (non-hydrogen) atoms. The van der Waals surface area contributed by atoms with Crippen molar-refractivity contribution >= 4 is 28.9 Å². The molecule has 0 N–H and O–H groups in total. The highest BCUT2D eigenvalue weighted by Crippen LogP contribution is 2.26. The summed E-state index contributed by atoms with van der Waals surface area (Å²) >= 11 is 0. The summed E-state index contributed by atoms with van der Waals surface area (Å²) in [6.45, 7) is 1.72. The second-order valence-corrected chi connectivity index (χ2v) is 5.14. The number of methoxy groups -OCH3 is 1. The van der Waals surface area contributed by atoms with Gasteiger partial charge in [0.15, 0.2) is 6.04 Å². The Morgan fingerprint density at radius 1 is 1.21 bits per heavy atom. The second-order valence-electron chi connectivity index (χ2n) is 5.14. The third kappa shape index (κ3) is 4.10. The van der Waals surface area contributed by atoms with Crippen LogP contribution in [0.1, 0.15) is 13.3 Å². The Kier molecular flexibility index (Phi) is 5.89. The number of ether oxygens (including phenoxy) is 2. The minimum Gasteiger partial charge on any atom is -0.469 e. The average Bonchev–Trinajstić information content (AvgIpc) is 2.59. The molecule has 0 aromatic heterocycles. The van der Waals surface area contributed by atoms with Crippen molar-refractivity contribution < 1.29 is 19.1 Å². The van der Waals surface area contributed by atoms with Gasteiger partial charge in [-0.1, -0.05) is 36.4 Å². The highest BCUT2D eigenvalue weighted by atomic mass is 16.5. The van der Waals surface area contributed by atoms with Crippen molar-refractivity contribution in [2.45, 2.75) is 19.4 Å². The Bertz CT molecular complexity index is 752. The van der Waals surface area contributed by atoms with Crippen LogP contribution >= 0.6 is 0 Å². The molecule has 2 aromatic carbocycles. The lowest BCUT2D eigenvalue weighted by Crippen LogP contribution is -2.40. The number of hydrogen-bond acceptors (Lipinski definition) is 6. The Morgan fingerprint density at radius 2 is 1.92 bits per heavy atom. The maximum atomic E-state index is 12.6. The molecule has 0 aliphatic carbocycles. The van der Waals surface area contributed by atoms with E-state index in [9.17, 15) is 9.59 Å². The number of carbonyl (C=O) groups excluding carboxylic acids is 2. The number of esters is 2. The van der Waals surface area contributed by atoms with Gasteiger partial charge in [0.05, 0.1) is 13.5 Å². The van der Waals surface area contributed by atoms with Crippen molar-refractivity contribution in [1.29, 1.82) is 0 Å². The molecule has 0 radical (unpaired) electrons. The number of hydrazone groups is 1. The number of benzene rings is 2. The molecule has 6 nitrogen and oxygen atoms in total. The van der Waals surface area contributed by atoms with Gasteiger partial charge < -0.3 is 9.47 Å². The topological polar surface area (TPSA) is 68.2 Å². The van der Waals surface area contributed by atoms with Gasteiger partial charge in [0.25, 0.3) is 0 Å². The third-order valence-electron chi connectivity index (χ3n) is 3.57. The number of hydrogen-bond donors (Lipinski definition) is 0. The van der Waals surface area contributed by atoms with Crippen LogP contribution < -0.4 is 4.74 Å². The maximum absolute atomic E-state index is 12.6. The van der Waals surface area contributed by atoms with Crippen molar-refractivity contribution in [2.75, 3.05) is 14.2 Å². The van der Waals surface area contributed by atoms with Crippen molar-refractivity contribution in [2.24, 2.45) is 5.10 Å². The van der Waals surface area contributed by atoms with Gasteiger partial charge in [-0.15, -0.1) is 0 Å². The minimum absolute atomic E-state index is 0.145. The number of nitrogens with zero attached hydrogens (tertiary/aromatic N) is 2. The summed E-state index contributed by atoms with van der Waals surface area (Å²) in [4.78, 5) is 24.2. The first kappa shape index (κ1) is 17.5. The van der Waals surface area contributed by atoms with Crippen LogP contribution in [0.2, 0.25) is 0 Å². The van der Waals surface area contributed by atoms with E-state index < -0.39 is 18.0 Å². The predicted octanol–water partition coefficient (Wildman–Crippen LogP) is 2.61. The van der Waals surface area contributed by atoms with E-state index >= 15 is 0 Å². The van der Waals surface area contributed by atoms with Crippen molar-refractivity contribution in [3.63, 3.8) is 0 Å². The zero-order valence-electron chi connectivity index (χ0n) is 13.9. The predicted molar refractivity (Wildman–Crippen MR) is 91.9 cm³/mol. The van der Waals surface area contributed by atoms with Gasteiger partial charge in [-0.05, 0) is 18.4 Å². The van der Waals surface area contributed by atoms with E-state index in [2.05, 4.69) is 9.84 Å². The molecule has 0 aliphatic rings. The number of fused-ring (bicyclic) bond motifs is 1. The van der Waals surface area contributed by atoms with Crippen LogP contribution in [0.3, 0.4) is 0 Å². The van der Waals surface area contributed by atoms with Gasteiger partial charge in [0.2, 0.25) is 0 Å². The molecular weight excluding hydrogens is 308 g/mol. The molecule has 0 bridgehead atoms. The largest absolute Gasteiger partial charge is 0.469 e. The van der Waals surface area contributed by atoms with Gasteiger partial charge in [-0.2, -0.15) is 5.10 Å². The smallest absolute Gasteiger partial charge is 0.336 e. The molecule has 0 amide bonds. The first-order chi connectivity index (χ1) is 11.6. The summed E-state index contributed by atoms with van der Waals surface area (Å²) in [5, 5.41) is 7.22. The number of rotatable bonds is 6. The molecule has 1 atom stereocenters. The van der Waals surface area contributed by atoms with E-state index in [0.717, 1.165) is 10.8 Å². The fraction of sp³-hybridized carbons (Fsp3) is 0.278. The molecule has 126 valence electrons. The summed E-state index contributed by atoms with van der Waals surface area (Å²) in [5.41, 5.74) is 0. The second kappa shape index (κ2) is 8.10. The molecule has 2 rings (SSSR count). The number of likely N-dealkylation sites (N-methyl/N-ethyl adjacent to an activating group) is 1. The van der Waals surface area contributed by atoms with E-state index in [-0.39, 0.29) is 6.42 Å². The van der Waals surface area contributed by atoms with E-state index in [1.807, 2.05) is 36.4 Å². The molecule has 0 heterocycles. The third-order valence-corrected chi connectivity index (χ3v) is 3.57. The summed E-state index contributed by atoms with van der Waals surface area (Å²) in [6.07, 6.45) is 1.39. The lowest BCUT2D eigenvalue weighted by Gasteiger charge is -2.23. The molecule has 0 aliphatic heterocycles. The van der Waals surface area contributed by atoms with E-state index in [0.29, 0.717) is 5.75 Å². The van der Waals surface area contributed by atoms with Gasteiger partial charge in [0.1, 0.15) is 5.75 Å². The van der Waals surface area contributed by atoms with Crippen LogP contribution in [0.5, 0.6) is 5.75 Å². The highest BCUT2D eigenvalue weighted by molar-refractivity contribution is 5.92. The first-order valence-electron chi connectivity index (χ1n) is 7.54. The van der Waals surface area contributed by atoms with Crippen LogP contribution in [0.15, 0.2) is 47.6 Å². The molecule has 0 saturated heterocycles. The van der Waals surface area contributed by atoms with E-state index in [1.165, 1.54) is 18.3 Å². The Morgan fingerprint density at radius 3 is 2.62 bits per heavy atom. The fourth-order valence-corrected chi connectivity index (χ4v) is 2.33. The average molecular weight is 328 g/mol. The fourth-order valence-electron chi connectivity index (χ4n) is 2.33. The monoisotopic (exact) mass is 328 g/mol.